The molecule has 0 unspecified atom stereocenters. The number of fused-ring (bicyclic) bond motifs is 4. The first-order valence-electron chi connectivity index (χ1n) is 12.0. The topological polar surface area (TPSA) is 117 Å². The normalized spacial score (nSPS) is 12.1. The van der Waals surface area contributed by atoms with Gasteiger partial charge in [-0.1, -0.05) is 54.6 Å². The predicted octanol–water partition coefficient (Wildman–Crippen LogP) is 7.32. The Bertz CT molecular complexity index is 1820. The molecule has 7 heteroatoms. The van der Waals surface area contributed by atoms with Gasteiger partial charge in [-0.2, -0.15) is 5.11 Å². The van der Waals surface area contributed by atoms with Crippen LogP contribution in [-0.2, 0) is 0 Å². The third kappa shape index (κ3) is 3.87. The molecule has 0 bridgehead atoms. The lowest BCUT2D eigenvalue weighted by atomic mass is 10.0. The van der Waals surface area contributed by atoms with Crippen LogP contribution >= 0.6 is 0 Å². The first-order chi connectivity index (χ1) is 18.4. The summed E-state index contributed by atoms with van der Waals surface area (Å²) >= 11 is 0. The minimum atomic E-state index is -0.459. The predicted molar refractivity (Wildman–Crippen MR) is 149 cm³/mol. The van der Waals surface area contributed by atoms with Gasteiger partial charge < -0.3 is 16.2 Å². The van der Waals surface area contributed by atoms with Crippen LogP contribution in [0.5, 0.6) is 5.75 Å². The van der Waals surface area contributed by atoms with E-state index in [-0.39, 0.29) is 22.8 Å². The number of phenols is 1. The number of ketones is 1. The number of nitrogens with one attached hydrogen (secondary N) is 1. The highest BCUT2D eigenvalue weighted by molar-refractivity contribution is 6.22. The number of phenolic OH excluding ortho intramolecular Hbond substituents is 1. The maximum atomic E-state index is 13.2. The van der Waals surface area contributed by atoms with Gasteiger partial charge in [0.1, 0.15) is 5.69 Å². The van der Waals surface area contributed by atoms with Crippen molar-refractivity contribution in [3.05, 3.63) is 113 Å². The number of carbonyl (C=O) groups excluding carboxylic acids is 2. The second kappa shape index (κ2) is 8.97. The molecule has 0 saturated carbocycles. The SMILES string of the molecule is Cc1ccccc1NC(=O)c1cc2ccccc2c(N=Nc2ccc3c(c2)C(=O)c2cc(N)ccc2-3)c1O. The summed E-state index contributed by atoms with van der Waals surface area (Å²) in [5.74, 6) is -0.861. The van der Waals surface area contributed by atoms with Gasteiger partial charge >= 0.3 is 0 Å². The fourth-order valence-corrected chi connectivity index (χ4v) is 4.75. The number of aromatic hydroxyl groups is 1. The van der Waals surface area contributed by atoms with Crippen LogP contribution in [0.25, 0.3) is 21.9 Å². The summed E-state index contributed by atoms with van der Waals surface area (Å²) in [4.78, 5) is 26.1. The van der Waals surface area contributed by atoms with Crippen molar-refractivity contribution in [1.82, 2.24) is 0 Å². The summed E-state index contributed by atoms with van der Waals surface area (Å²) in [6.07, 6.45) is 0. The molecule has 0 radical (unpaired) electrons. The minimum absolute atomic E-state index is 0.0815. The molecule has 1 aliphatic carbocycles. The quantitative estimate of drug-likeness (QED) is 0.174. The number of aryl methyl sites for hydroxylation is 1. The molecule has 0 aromatic heterocycles. The maximum absolute atomic E-state index is 13.2. The summed E-state index contributed by atoms with van der Waals surface area (Å²) in [6, 6.07) is 26.9. The first-order valence-corrected chi connectivity index (χ1v) is 12.0. The smallest absolute Gasteiger partial charge is 0.259 e. The highest BCUT2D eigenvalue weighted by Crippen LogP contribution is 2.42. The van der Waals surface area contributed by atoms with Crippen molar-refractivity contribution in [3.8, 4) is 16.9 Å². The molecular formula is C31H22N4O3. The molecular weight excluding hydrogens is 476 g/mol. The monoisotopic (exact) mass is 498 g/mol. The number of hydrogen-bond donors (Lipinski definition) is 3. The van der Waals surface area contributed by atoms with E-state index in [2.05, 4.69) is 15.5 Å². The Labute approximate surface area is 218 Å². The number of hydrogen-bond acceptors (Lipinski definition) is 6. The van der Waals surface area contributed by atoms with Gasteiger partial charge in [0.2, 0.25) is 0 Å². The van der Waals surface area contributed by atoms with Crippen molar-refractivity contribution >= 4 is 45.2 Å². The number of rotatable bonds is 4. The van der Waals surface area contributed by atoms with Crippen LogP contribution in [0.2, 0.25) is 0 Å². The first kappa shape index (κ1) is 23.1. The Balaban J connectivity index is 1.39. The van der Waals surface area contributed by atoms with E-state index < -0.39 is 5.91 Å². The largest absolute Gasteiger partial charge is 0.505 e. The third-order valence-corrected chi connectivity index (χ3v) is 6.72. The van der Waals surface area contributed by atoms with Crippen molar-refractivity contribution in [2.75, 3.05) is 11.1 Å². The van der Waals surface area contributed by atoms with Crippen molar-refractivity contribution < 1.29 is 14.7 Å². The van der Waals surface area contributed by atoms with Crippen LogP contribution in [0.4, 0.5) is 22.7 Å². The summed E-state index contributed by atoms with van der Waals surface area (Å²) in [5, 5.41) is 24.1. The molecule has 0 heterocycles. The molecule has 6 rings (SSSR count). The van der Waals surface area contributed by atoms with E-state index in [1.807, 2.05) is 55.5 Å². The van der Waals surface area contributed by atoms with Gasteiger partial charge in [-0.15, -0.1) is 5.11 Å². The molecule has 1 amide bonds. The average Bonchev–Trinajstić information content (AvgIpc) is 3.19. The molecule has 184 valence electrons. The molecule has 7 nitrogen and oxygen atoms in total. The molecule has 1 aliphatic rings. The lowest BCUT2D eigenvalue weighted by Gasteiger charge is -2.12. The minimum Gasteiger partial charge on any atom is -0.505 e. The standard InChI is InChI=1S/C31H22N4O3/c1-17-6-2-5-9-27(17)33-31(38)26-14-18-7-3-4-8-21(18)28(30(26)37)35-34-20-11-13-23-22-12-10-19(32)15-24(22)29(36)25(23)16-20/h2-16,37H,32H2,1H3,(H,33,38). The molecule has 5 aromatic rings. The van der Waals surface area contributed by atoms with Crippen molar-refractivity contribution in [2.45, 2.75) is 6.92 Å². The van der Waals surface area contributed by atoms with Gasteiger partial charge in [-0.25, -0.2) is 0 Å². The van der Waals surface area contributed by atoms with Crippen LogP contribution in [-0.4, -0.2) is 16.8 Å². The highest BCUT2D eigenvalue weighted by atomic mass is 16.3. The summed E-state index contributed by atoms with van der Waals surface area (Å²) in [5.41, 5.74) is 11.4. The van der Waals surface area contributed by atoms with Crippen LogP contribution < -0.4 is 11.1 Å². The molecule has 0 aliphatic heterocycles. The molecule has 0 fully saturated rings. The maximum Gasteiger partial charge on any atom is 0.259 e. The second-order valence-electron chi connectivity index (χ2n) is 9.18. The molecule has 5 aromatic carbocycles. The number of amides is 1. The summed E-state index contributed by atoms with van der Waals surface area (Å²) in [7, 11) is 0. The van der Waals surface area contributed by atoms with E-state index in [0.29, 0.717) is 33.6 Å². The molecule has 0 spiro atoms. The summed E-state index contributed by atoms with van der Waals surface area (Å²) in [6.45, 7) is 1.89. The Morgan fingerprint density at radius 2 is 1.53 bits per heavy atom. The molecule has 38 heavy (non-hydrogen) atoms. The van der Waals surface area contributed by atoms with Crippen molar-refractivity contribution in [2.24, 2.45) is 10.2 Å². The van der Waals surface area contributed by atoms with Gasteiger partial charge in [0.05, 0.1) is 11.3 Å². The lowest BCUT2D eigenvalue weighted by Crippen LogP contribution is -2.13. The number of para-hydroxylation sites is 1. The van der Waals surface area contributed by atoms with Crippen LogP contribution in [0.3, 0.4) is 0 Å². The van der Waals surface area contributed by atoms with Gasteiger partial charge in [0, 0.05) is 27.9 Å². The van der Waals surface area contributed by atoms with Crippen LogP contribution in [0.1, 0.15) is 31.8 Å². The van der Waals surface area contributed by atoms with E-state index in [9.17, 15) is 14.7 Å². The fraction of sp³-hybridized carbons (Fsp3) is 0.0323. The van der Waals surface area contributed by atoms with Gasteiger partial charge in [-0.05, 0) is 65.4 Å². The Hall–Kier alpha value is -5.30. The van der Waals surface area contributed by atoms with Crippen LogP contribution in [0.15, 0.2) is 101 Å². The van der Waals surface area contributed by atoms with Gasteiger partial charge in [0.15, 0.2) is 11.5 Å². The number of anilines is 2. The molecule has 0 saturated heterocycles. The number of benzene rings is 5. The zero-order valence-electron chi connectivity index (χ0n) is 20.4. The number of nitrogens with zero attached hydrogens (tertiary/aromatic N) is 2. The van der Waals surface area contributed by atoms with Gasteiger partial charge in [-0.3, -0.25) is 9.59 Å². The van der Waals surface area contributed by atoms with E-state index in [1.165, 1.54) is 0 Å². The Kier molecular flexibility index (Phi) is 5.46. The summed E-state index contributed by atoms with van der Waals surface area (Å²) < 4.78 is 0. The number of nitrogen functional groups attached to an aromatic ring is 1. The zero-order valence-corrected chi connectivity index (χ0v) is 20.4. The van der Waals surface area contributed by atoms with Crippen molar-refractivity contribution in [1.29, 1.82) is 0 Å². The number of nitrogens with two attached hydrogens (primary N) is 1. The fourth-order valence-electron chi connectivity index (χ4n) is 4.75. The van der Waals surface area contributed by atoms with Crippen LogP contribution in [0, 0.1) is 6.92 Å². The molecule has 4 N–H and O–H groups in total. The van der Waals surface area contributed by atoms with E-state index in [0.717, 1.165) is 22.1 Å². The average molecular weight is 499 g/mol. The van der Waals surface area contributed by atoms with Gasteiger partial charge in [0.25, 0.3) is 5.91 Å². The third-order valence-electron chi connectivity index (χ3n) is 6.72. The van der Waals surface area contributed by atoms with E-state index in [4.69, 9.17) is 5.73 Å². The lowest BCUT2D eigenvalue weighted by molar-refractivity contribution is 0.102. The van der Waals surface area contributed by atoms with E-state index in [1.54, 1.807) is 42.5 Å². The highest BCUT2D eigenvalue weighted by Gasteiger charge is 2.27. The van der Waals surface area contributed by atoms with Crippen molar-refractivity contribution in [3.63, 3.8) is 0 Å². The Morgan fingerprint density at radius 1 is 0.816 bits per heavy atom. The Morgan fingerprint density at radius 3 is 2.34 bits per heavy atom. The second-order valence-corrected chi connectivity index (χ2v) is 9.18. The van der Waals surface area contributed by atoms with E-state index >= 15 is 0 Å². The molecule has 0 atom stereocenters. The number of azo groups is 1. The number of carbonyl (C=O) groups is 2. The zero-order chi connectivity index (χ0) is 26.4.